The number of anilines is 1. The van der Waals surface area contributed by atoms with Crippen molar-refractivity contribution in [1.29, 1.82) is 0 Å². The standard InChI is InChI=1S/C22H27NO5/c1-17(2)23(18-8-5-4-6-9-18)21(24)16-28-22(25)10-7-15-27-20-13-11-19(26-3)12-14-20/h4-6,8-9,11-14,17H,7,10,15-16H2,1-3H3. The Morgan fingerprint density at radius 1 is 0.964 bits per heavy atom. The number of hydrogen-bond donors (Lipinski definition) is 0. The van der Waals surface area contributed by atoms with Gasteiger partial charge in [0.25, 0.3) is 5.91 Å². The van der Waals surface area contributed by atoms with Gasteiger partial charge in [-0.3, -0.25) is 9.59 Å². The molecule has 0 aliphatic heterocycles. The second kappa shape index (κ2) is 11.0. The molecule has 0 radical (unpaired) electrons. The van der Waals surface area contributed by atoms with E-state index in [0.717, 1.165) is 11.4 Å². The molecular weight excluding hydrogens is 358 g/mol. The summed E-state index contributed by atoms with van der Waals surface area (Å²) >= 11 is 0. The number of hydrogen-bond acceptors (Lipinski definition) is 5. The first-order valence-electron chi connectivity index (χ1n) is 9.31. The lowest BCUT2D eigenvalue weighted by Crippen LogP contribution is -2.39. The number of carbonyl (C=O) groups excluding carboxylic acids is 2. The highest BCUT2D eigenvalue weighted by Crippen LogP contribution is 2.18. The minimum Gasteiger partial charge on any atom is -0.497 e. The van der Waals surface area contributed by atoms with Crippen molar-refractivity contribution in [3.63, 3.8) is 0 Å². The zero-order valence-corrected chi connectivity index (χ0v) is 16.6. The molecule has 2 aromatic rings. The third-order valence-corrected chi connectivity index (χ3v) is 4.03. The number of rotatable bonds is 10. The monoisotopic (exact) mass is 385 g/mol. The van der Waals surface area contributed by atoms with Crippen LogP contribution in [0.1, 0.15) is 26.7 Å². The van der Waals surface area contributed by atoms with E-state index in [9.17, 15) is 9.59 Å². The summed E-state index contributed by atoms with van der Waals surface area (Å²) < 4.78 is 15.8. The van der Waals surface area contributed by atoms with E-state index in [1.807, 2.05) is 56.3 Å². The third kappa shape index (κ3) is 6.61. The van der Waals surface area contributed by atoms with Gasteiger partial charge in [0.1, 0.15) is 11.5 Å². The fourth-order valence-corrected chi connectivity index (χ4v) is 2.68. The summed E-state index contributed by atoms with van der Waals surface area (Å²) in [6.07, 6.45) is 0.697. The van der Waals surface area contributed by atoms with E-state index in [0.29, 0.717) is 18.8 Å². The number of ether oxygens (including phenoxy) is 3. The van der Waals surface area contributed by atoms with E-state index >= 15 is 0 Å². The molecule has 2 rings (SSSR count). The van der Waals surface area contributed by atoms with Crippen LogP contribution in [-0.4, -0.2) is 38.2 Å². The van der Waals surface area contributed by atoms with E-state index < -0.39 is 5.97 Å². The first kappa shape index (κ1) is 21.3. The lowest BCUT2D eigenvalue weighted by molar-refractivity contribution is -0.148. The normalized spacial score (nSPS) is 10.4. The number of para-hydroxylation sites is 1. The van der Waals surface area contributed by atoms with Gasteiger partial charge in [0.15, 0.2) is 6.61 Å². The largest absolute Gasteiger partial charge is 0.497 e. The summed E-state index contributed by atoms with van der Waals surface area (Å²) in [6, 6.07) is 16.5. The Labute approximate surface area is 166 Å². The molecule has 150 valence electrons. The van der Waals surface area contributed by atoms with Gasteiger partial charge in [-0.15, -0.1) is 0 Å². The summed E-state index contributed by atoms with van der Waals surface area (Å²) in [4.78, 5) is 26.0. The second-order valence-electron chi connectivity index (χ2n) is 6.48. The lowest BCUT2D eigenvalue weighted by Gasteiger charge is -2.26. The number of nitrogens with zero attached hydrogens (tertiary/aromatic N) is 1. The van der Waals surface area contributed by atoms with E-state index in [4.69, 9.17) is 14.2 Å². The van der Waals surface area contributed by atoms with E-state index in [1.165, 1.54) is 0 Å². The average molecular weight is 385 g/mol. The van der Waals surface area contributed by atoms with Gasteiger partial charge in [0.05, 0.1) is 13.7 Å². The number of methoxy groups -OCH3 is 1. The van der Waals surface area contributed by atoms with Gasteiger partial charge >= 0.3 is 5.97 Å². The van der Waals surface area contributed by atoms with Crippen LogP contribution in [0.2, 0.25) is 0 Å². The maximum Gasteiger partial charge on any atom is 0.306 e. The molecule has 2 aromatic carbocycles. The molecule has 6 heteroatoms. The number of esters is 1. The van der Waals surface area contributed by atoms with E-state index in [-0.39, 0.29) is 25.0 Å². The van der Waals surface area contributed by atoms with Gasteiger partial charge in [-0.05, 0) is 56.7 Å². The van der Waals surface area contributed by atoms with Gasteiger partial charge in [-0.2, -0.15) is 0 Å². The number of amides is 1. The third-order valence-electron chi connectivity index (χ3n) is 4.03. The summed E-state index contributed by atoms with van der Waals surface area (Å²) in [5.74, 6) is 0.804. The summed E-state index contributed by atoms with van der Waals surface area (Å²) in [5.41, 5.74) is 0.784. The van der Waals surface area contributed by atoms with Gasteiger partial charge < -0.3 is 19.1 Å². The molecule has 0 heterocycles. The van der Waals surface area contributed by atoms with Crippen LogP contribution in [0.5, 0.6) is 11.5 Å². The minimum atomic E-state index is -0.413. The Kier molecular flexibility index (Phi) is 8.34. The van der Waals surface area contributed by atoms with Crippen LogP contribution in [0.25, 0.3) is 0 Å². The van der Waals surface area contributed by atoms with Crippen molar-refractivity contribution in [1.82, 2.24) is 0 Å². The first-order chi connectivity index (χ1) is 13.5. The number of benzene rings is 2. The van der Waals surface area contributed by atoms with Gasteiger partial charge in [-0.25, -0.2) is 0 Å². The highest BCUT2D eigenvalue weighted by molar-refractivity contribution is 5.95. The van der Waals surface area contributed by atoms with E-state index in [1.54, 1.807) is 24.1 Å². The van der Waals surface area contributed by atoms with Gasteiger partial charge in [-0.1, -0.05) is 18.2 Å². The van der Waals surface area contributed by atoms with Crippen molar-refractivity contribution in [2.24, 2.45) is 0 Å². The maximum absolute atomic E-state index is 12.5. The Hall–Kier alpha value is -3.02. The average Bonchev–Trinajstić information content (AvgIpc) is 2.71. The quantitative estimate of drug-likeness (QED) is 0.459. The Bertz CT molecular complexity index is 743. The SMILES string of the molecule is COc1ccc(OCCCC(=O)OCC(=O)N(c2ccccc2)C(C)C)cc1. The molecular formula is C22H27NO5. The fourth-order valence-electron chi connectivity index (χ4n) is 2.68. The molecule has 0 saturated carbocycles. The Balaban J connectivity index is 1.71. The van der Waals surface area contributed by atoms with Crippen LogP contribution >= 0.6 is 0 Å². The molecule has 0 aromatic heterocycles. The molecule has 28 heavy (non-hydrogen) atoms. The molecule has 6 nitrogen and oxygen atoms in total. The summed E-state index contributed by atoms with van der Waals surface area (Å²) in [5, 5.41) is 0. The molecule has 0 aliphatic rings. The Morgan fingerprint density at radius 2 is 1.61 bits per heavy atom. The van der Waals surface area contributed by atoms with Gasteiger partial charge in [0, 0.05) is 18.2 Å². The molecule has 0 fully saturated rings. The molecule has 0 saturated heterocycles. The van der Waals surface area contributed by atoms with Crippen molar-refractivity contribution in [2.75, 3.05) is 25.2 Å². The van der Waals surface area contributed by atoms with Crippen molar-refractivity contribution in [3.8, 4) is 11.5 Å². The molecule has 0 spiro atoms. The topological polar surface area (TPSA) is 65.1 Å². The highest BCUT2D eigenvalue weighted by Gasteiger charge is 2.20. The summed E-state index contributed by atoms with van der Waals surface area (Å²) in [6.45, 7) is 3.95. The van der Waals surface area contributed by atoms with Crippen LogP contribution in [0.3, 0.4) is 0 Å². The van der Waals surface area contributed by atoms with Crippen LogP contribution in [0.15, 0.2) is 54.6 Å². The molecule has 0 bridgehead atoms. The smallest absolute Gasteiger partial charge is 0.306 e. The van der Waals surface area contributed by atoms with Crippen LogP contribution in [0.4, 0.5) is 5.69 Å². The predicted octanol–water partition coefficient (Wildman–Crippen LogP) is 3.84. The first-order valence-corrected chi connectivity index (χ1v) is 9.31. The molecule has 0 N–H and O–H groups in total. The van der Waals surface area contributed by atoms with Crippen molar-refractivity contribution < 1.29 is 23.8 Å². The summed E-state index contributed by atoms with van der Waals surface area (Å²) in [7, 11) is 1.60. The maximum atomic E-state index is 12.5. The number of carbonyl (C=O) groups is 2. The lowest BCUT2D eigenvalue weighted by atomic mass is 10.2. The second-order valence-corrected chi connectivity index (χ2v) is 6.48. The molecule has 0 aliphatic carbocycles. The van der Waals surface area contributed by atoms with Crippen molar-refractivity contribution in [3.05, 3.63) is 54.6 Å². The Morgan fingerprint density at radius 3 is 2.21 bits per heavy atom. The zero-order chi connectivity index (χ0) is 20.4. The highest BCUT2D eigenvalue weighted by atomic mass is 16.5. The van der Waals surface area contributed by atoms with Crippen LogP contribution < -0.4 is 14.4 Å². The fraction of sp³-hybridized carbons (Fsp3) is 0.364. The van der Waals surface area contributed by atoms with E-state index in [2.05, 4.69) is 0 Å². The minimum absolute atomic E-state index is 0.0356. The molecule has 1 amide bonds. The van der Waals surface area contributed by atoms with Crippen molar-refractivity contribution >= 4 is 17.6 Å². The molecule has 0 unspecified atom stereocenters. The van der Waals surface area contributed by atoms with Crippen LogP contribution in [-0.2, 0) is 14.3 Å². The van der Waals surface area contributed by atoms with Crippen molar-refractivity contribution in [2.45, 2.75) is 32.7 Å². The molecule has 0 atom stereocenters. The zero-order valence-electron chi connectivity index (χ0n) is 16.6. The van der Waals surface area contributed by atoms with Crippen LogP contribution in [0, 0.1) is 0 Å². The predicted molar refractivity (Wildman–Crippen MR) is 108 cm³/mol. The van der Waals surface area contributed by atoms with Gasteiger partial charge in [0.2, 0.25) is 0 Å².